The van der Waals surface area contributed by atoms with E-state index in [0.29, 0.717) is 0 Å². The molecule has 10 aromatic rings. The predicted octanol–water partition coefficient (Wildman–Crippen LogP) is 17.5. The van der Waals surface area contributed by atoms with Crippen LogP contribution in [0, 0.1) is 6.92 Å². The van der Waals surface area contributed by atoms with Crippen LogP contribution >= 0.6 is 0 Å². The van der Waals surface area contributed by atoms with Crippen LogP contribution in [0.4, 0.5) is 0 Å². The van der Waals surface area contributed by atoms with Crippen LogP contribution in [0.5, 0.6) is 0 Å². The topological polar surface area (TPSA) is 4.93 Å². The number of benzene rings is 9. The summed E-state index contributed by atoms with van der Waals surface area (Å²) in [5.41, 5.74) is 28.9. The molecular weight excluding hydrogens is 807 g/mol. The minimum absolute atomic E-state index is 0.0183. The fourth-order valence-electron chi connectivity index (χ4n) is 12.3. The van der Waals surface area contributed by atoms with E-state index in [9.17, 15) is 0 Å². The van der Waals surface area contributed by atoms with Gasteiger partial charge in [-0.05, 0) is 156 Å². The van der Waals surface area contributed by atoms with Gasteiger partial charge in [0.1, 0.15) is 0 Å². The van der Waals surface area contributed by atoms with Crippen LogP contribution in [0.3, 0.4) is 0 Å². The zero-order valence-electron chi connectivity index (χ0n) is 39.4. The fourth-order valence-corrected chi connectivity index (χ4v) is 12.3. The van der Waals surface area contributed by atoms with Gasteiger partial charge in [0.2, 0.25) is 0 Å². The average Bonchev–Trinajstić information content (AvgIpc) is 3.95. The summed E-state index contributed by atoms with van der Waals surface area (Å²) in [7, 11) is 0. The first-order chi connectivity index (χ1) is 32.4. The summed E-state index contributed by atoms with van der Waals surface area (Å²) < 4.78 is 2.45. The number of aromatic nitrogens is 1. The quantitative estimate of drug-likeness (QED) is 0.152. The molecule has 0 N–H and O–H groups in total. The molecule has 0 spiro atoms. The van der Waals surface area contributed by atoms with Gasteiger partial charge in [0.15, 0.2) is 0 Å². The number of fused-ring (bicyclic) bond motifs is 12. The smallest absolute Gasteiger partial charge is 0.0541 e. The molecule has 0 fully saturated rings. The lowest BCUT2D eigenvalue weighted by Gasteiger charge is -2.24. The summed E-state index contributed by atoms with van der Waals surface area (Å²) in [6.45, 7) is 16.5. The molecule has 9 aromatic carbocycles. The highest BCUT2D eigenvalue weighted by molar-refractivity contribution is 6.10. The summed E-state index contributed by atoms with van der Waals surface area (Å²) >= 11 is 0. The van der Waals surface area contributed by atoms with E-state index in [0.717, 1.165) is 0 Å². The van der Waals surface area contributed by atoms with Gasteiger partial charge in [0.05, 0.1) is 11.0 Å². The molecule has 0 aliphatic heterocycles. The molecule has 0 saturated heterocycles. The SMILES string of the molecule is Cc1ccc2c(c1)C(C)(C)c1cc3c(cc1-2)C(C)(C)c1cc(-c2ccc(/C=C/c4ccc(-c5ccc6c(c5)c5ccccc5n6-c5ccc6c(c5)C(C)(C)c5ccccc5-6)cc4)cc2)ccc1-3. The molecule has 0 atom stereocenters. The Labute approximate surface area is 394 Å². The Kier molecular flexibility index (Phi) is 8.34. The number of aryl methyl sites for hydroxylation is 1. The van der Waals surface area contributed by atoms with Gasteiger partial charge in [-0.1, -0.05) is 193 Å². The Bertz CT molecular complexity index is 3750. The van der Waals surface area contributed by atoms with Gasteiger partial charge in [0.25, 0.3) is 0 Å². The highest BCUT2D eigenvalue weighted by Crippen LogP contribution is 2.57. The van der Waals surface area contributed by atoms with Crippen molar-refractivity contribution in [3.8, 4) is 61.3 Å². The van der Waals surface area contributed by atoms with Crippen molar-refractivity contribution in [2.24, 2.45) is 0 Å². The van der Waals surface area contributed by atoms with Crippen molar-refractivity contribution in [3.63, 3.8) is 0 Å². The van der Waals surface area contributed by atoms with Gasteiger partial charge in [-0.25, -0.2) is 0 Å². The second kappa shape index (κ2) is 14.0. The lowest BCUT2D eigenvalue weighted by atomic mass is 9.79. The van der Waals surface area contributed by atoms with Crippen molar-refractivity contribution in [2.45, 2.75) is 64.7 Å². The van der Waals surface area contributed by atoms with Crippen LogP contribution in [-0.2, 0) is 16.2 Å². The van der Waals surface area contributed by atoms with Crippen molar-refractivity contribution >= 4 is 34.0 Å². The zero-order chi connectivity index (χ0) is 45.6. The van der Waals surface area contributed by atoms with Crippen LogP contribution in [0.15, 0.2) is 182 Å². The Hall–Kier alpha value is -7.48. The molecule has 0 saturated carbocycles. The molecule has 0 amide bonds. The first-order valence-corrected chi connectivity index (χ1v) is 24.0. The van der Waals surface area contributed by atoms with Gasteiger partial charge in [0, 0.05) is 32.7 Å². The van der Waals surface area contributed by atoms with E-state index < -0.39 is 0 Å². The Balaban J connectivity index is 0.748. The predicted molar refractivity (Wildman–Crippen MR) is 284 cm³/mol. The molecule has 1 heterocycles. The van der Waals surface area contributed by atoms with Crippen molar-refractivity contribution in [1.29, 1.82) is 0 Å². The number of para-hydroxylation sites is 1. The van der Waals surface area contributed by atoms with Crippen molar-refractivity contribution in [3.05, 3.63) is 232 Å². The van der Waals surface area contributed by atoms with Crippen LogP contribution in [0.25, 0.3) is 95.3 Å². The summed E-state index contributed by atoms with van der Waals surface area (Å²) in [4.78, 5) is 0. The summed E-state index contributed by atoms with van der Waals surface area (Å²) in [5, 5.41) is 2.54. The first kappa shape index (κ1) is 39.8. The van der Waals surface area contributed by atoms with Gasteiger partial charge in [-0.3, -0.25) is 0 Å². The Morgan fingerprint density at radius 3 is 1.48 bits per heavy atom. The third-order valence-electron chi connectivity index (χ3n) is 16.1. The minimum atomic E-state index is -0.0896. The van der Waals surface area contributed by atoms with Crippen LogP contribution in [-0.4, -0.2) is 4.57 Å². The van der Waals surface area contributed by atoms with Gasteiger partial charge in [-0.2, -0.15) is 0 Å². The molecule has 322 valence electrons. The summed E-state index contributed by atoms with van der Waals surface area (Å²) in [6.07, 6.45) is 4.44. The second-order valence-corrected chi connectivity index (χ2v) is 21.1. The fraction of sp³-hybridized carbons (Fsp3) is 0.152. The Morgan fingerprint density at radius 2 is 0.791 bits per heavy atom. The molecule has 3 aliphatic carbocycles. The summed E-state index contributed by atoms with van der Waals surface area (Å²) in [6, 6.07) is 68.9. The molecule has 0 unspecified atom stereocenters. The molecule has 1 nitrogen and oxygen atoms in total. The van der Waals surface area contributed by atoms with E-state index in [2.05, 4.69) is 247 Å². The Morgan fingerprint density at radius 1 is 0.328 bits per heavy atom. The minimum Gasteiger partial charge on any atom is -0.309 e. The van der Waals surface area contributed by atoms with E-state index in [-0.39, 0.29) is 16.2 Å². The molecule has 3 aliphatic rings. The highest BCUT2D eigenvalue weighted by Gasteiger charge is 2.42. The maximum absolute atomic E-state index is 2.51. The largest absolute Gasteiger partial charge is 0.309 e. The molecule has 1 aromatic heterocycles. The average molecular weight is 860 g/mol. The molecule has 13 rings (SSSR count). The van der Waals surface area contributed by atoms with Gasteiger partial charge in [-0.15, -0.1) is 0 Å². The third-order valence-corrected chi connectivity index (χ3v) is 16.1. The van der Waals surface area contributed by atoms with Crippen LogP contribution in [0.1, 0.15) is 91.6 Å². The lowest BCUT2D eigenvalue weighted by Crippen LogP contribution is -2.17. The molecule has 67 heavy (non-hydrogen) atoms. The third kappa shape index (κ3) is 5.80. The number of rotatable bonds is 5. The normalized spacial score (nSPS) is 15.4. The van der Waals surface area contributed by atoms with E-state index in [1.165, 1.54) is 133 Å². The highest BCUT2D eigenvalue weighted by atomic mass is 15.0. The van der Waals surface area contributed by atoms with Gasteiger partial charge >= 0.3 is 0 Å². The molecule has 0 bridgehead atoms. The maximum Gasteiger partial charge on any atom is 0.0541 e. The summed E-state index contributed by atoms with van der Waals surface area (Å²) in [5.74, 6) is 0. The maximum atomic E-state index is 2.51. The van der Waals surface area contributed by atoms with Crippen LogP contribution in [0.2, 0.25) is 0 Å². The number of hydrogen-bond donors (Lipinski definition) is 0. The van der Waals surface area contributed by atoms with E-state index in [4.69, 9.17) is 0 Å². The number of nitrogens with zero attached hydrogens (tertiary/aromatic N) is 1. The van der Waals surface area contributed by atoms with Gasteiger partial charge < -0.3 is 4.57 Å². The second-order valence-electron chi connectivity index (χ2n) is 21.1. The van der Waals surface area contributed by atoms with E-state index in [1.54, 1.807) is 0 Å². The number of hydrogen-bond acceptors (Lipinski definition) is 0. The molecule has 1 heteroatoms. The van der Waals surface area contributed by atoms with Crippen molar-refractivity contribution < 1.29 is 0 Å². The molecule has 0 radical (unpaired) electrons. The van der Waals surface area contributed by atoms with E-state index in [1.807, 2.05) is 0 Å². The molecular formula is C66H53N. The van der Waals surface area contributed by atoms with E-state index >= 15 is 0 Å². The monoisotopic (exact) mass is 859 g/mol. The first-order valence-electron chi connectivity index (χ1n) is 24.0. The zero-order valence-corrected chi connectivity index (χ0v) is 39.4. The van der Waals surface area contributed by atoms with Crippen LogP contribution < -0.4 is 0 Å². The van der Waals surface area contributed by atoms with Crippen molar-refractivity contribution in [2.75, 3.05) is 0 Å². The standard InChI is InChI=1S/C66H53N/c1-40-16-30-50-53-38-61-54(39-60(53)65(4,5)57(50)34-40)51-31-27-46(36-58(51)66(61,6)7)44-25-21-42(22-26-44)18-17-41-19-23-43(24-20-41)45-28-33-63-55(35-45)52-13-9-11-15-62(52)67(63)47-29-32-49-48-12-8-10-14-56(48)64(2,3)59(49)37-47/h8-39H,1-7H3/b18-17+. The lowest BCUT2D eigenvalue weighted by molar-refractivity contribution is 0.652. The van der Waals surface area contributed by atoms with Crippen molar-refractivity contribution in [1.82, 2.24) is 4.57 Å².